The first-order valence-electron chi connectivity index (χ1n) is 6.42. The van der Waals surface area contributed by atoms with Crippen molar-refractivity contribution in [1.82, 2.24) is 0 Å². The molecule has 0 saturated heterocycles. The van der Waals surface area contributed by atoms with E-state index in [-0.39, 0.29) is 0 Å². The van der Waals surface area contributed by atoms with Gasteiger partial charge in [-0.1, -0.05) is 30.3 Å². The van der Waals surface area contributed by atoms with Gasteiger partial charge in [-0.3, -0.25) is 0 Å². The molecule has 20 heavy (non-hydrogen) atoms. The molecule has 2 aliphatic rings. The maximum Gasteiger partial charge on any atom is 0.320 e. The van der Waals surface area contributed by atoms with Crippen molar-refractivity contribution < 1.29 is 29.9 Å². The van der Waals surface area contributed by atoms with Crippen molar-refractivity contribution in [2.24, 2.45) is 0 Å². The minimum atomic E-state index is -1.34. The molecule has 2 unspecified atom stereocenters. The first-order valence-corrected chi connectivity index (χ1v) is 6.42. The van der Waals surface area contributed by atoms with Gasteiger partial charge in [0.1, 0.15) is 6.10 Å². The molecule has 108 valence electrons. The second-order valence-corrected chi connectivity index (χ2v) is 5.08. The Balaban J connectivity index is 1.71. The van der Waals surface area contributed by atoms with E-state index in [0.29, 0.717) is 18.4 Å². The maximum absolute atomic E-state index is 10.0. The Hall–Kier alpha value is -1.76. The number of rotatable bonds is 3. The zero-order valence-corrected chi connectivity index (χ0v) is 10.6. The molecule has 0 amide bonds. The second kappa shape index (κ2) is 4.66. The van der Waals surface area contributed by atoms with Gasteiger partial charge in [0.2, 0.25) is 5.76 Å². The lowest BCUT2D eigenvalue weighted by Gasteiger charge is -2.47. The Bertz CT molecular complexity index is 528. The Morgan fingerprint density at radius 3 is 2.45 bits per heavy atom. The Morgan fingerprint density at radius 1 is 1.25 bits per heavy atom. The summed E-state index contributed by atoms with van der Waals surface area (Å²) in [5, 5.41) is 38.8. The molecule has 0 bridgehead atoms. The summed E-state index contributed by atoms with van der Waals surface area (Å²) in [6.07, 6.45) is -2.13. The third-order valence-corrected chi connectivity index (χ3v) is 3.95. The Labute approximate surface area is 115 Å². The number of hydrogen-bond acceptors (Lipinski definition) is 6. The monoisotopic (exact) mass is 280 g/mol. The van der Waals surface area contributed by atoms with E-state index in [4.69, 9.17) is 9.47 Å². The first kappa shape index (κ1) is 13.2. The third kappa shape index (κ3) is 1.84. The average Bonchev–Trinajstić information content (AvgIpc) is 2.70. The molecular formula is C14H16O6. The van der Waals surface area contributed by atoms with E-state index in [1.54, 1.807) is 24.3 Å². The van der Waals surface area contributed by atoms with Crippen molar-refractivity contribution in [3.05, 3.63) is 47.6 Å². The minimum Gasteiger partial charge on any atom is -0.504 e. The number of aliphatic hydroxyl groups excluding tert-OH is 4. The summed E-state index contributed by atoms with van der Waals surface area (Å²) in [6.45, 7) is 0. The van der Waals surface area contributed by atoms with Crippen molar-refractivity contribution >= 4 is 0 Å². The summed E-state index contributed by atoms with van der Waals surface area (Å²) < 4.78 is 10.7. The molecule has 0 aromatic heterocycles. The average molecular weight is 280 g/mol. The summed E-state index contributed by atoms with van der Waals surface area (Å²) in [5.74, 6) is -1.27. The smallest absolute Gasteiger partial charge is 0.320 e. The molecule has 1 aromatic carbocycles. The van der Waals surface area contributed by atoms with Crippen molar-refractivity contribution in [3.8, 4) is 0 Å². The molecule has 6 nitrogen and oxygen atoms in total. The largest absolute Gasteiger partial charge is 0.504 e. The van der Waals surface area contributed by atoms with E-state index in [1.165, 1.54) is 0 Å². The SMILES string of the molecule is OC1=C(O)C(O)[C@@]2(CC[C@@H]2OC(O)c2ccccc2)O1. The number of aliphatic hydroxyl groups is 4. The Morgan fingerprint density at radius 2 is 1.95 bits per heavy atom. The summed E-state index contributed by atoms with van der Waals surface area (Å²) in [6, 6.07) is 8.81. The van der Waals surface area contributed by atoms with E-state index in [9.17, 15) is 20.4 Å². The quantitative estimate of drug-likeness (QED) is 0.622. The fourth-order valence-corrected chi connectivity index (χ4v) is 2.65. The zero-order valence-electron chi connectivity index (χ0n) is 10.6. The van der Waals surface area contributed by atoms with Gasteiger partial charge in [-0.05, 0) is 12.8 Å². The van der Waals surface area contributed by atoms with Gasteiger partial charge in [-0.25, -0.2) is 0 Å². The summed E-state index contributed by atoms with van der Waals surface area (Å²) >= 11 is 0. The molecule has 1 aliphatic heterocycles. The van der Waals surface area contributed by atoms with Crippen LogP contribution in [0.15, 0.2) is 42.0 Å². The van der Waals surface area contributed by atoms with Crippen LogP contribution in [0, 0.1) is 0 Å². The van der Waals surface area contributed by atoms with Gasteiger partial charge in [0, 0.05) is 5.56 Å². The van der Waals surface area contributed by atoms with Crippen LogP contribution in [0.4, 0.5) is 0 Å². The van der Waals surface area contributed by atoms with E-state index < -0.39 is 35.8 Å². The van der Waals surface area contributed by atoms with E-state index in [0.717, 1.165) is 0 Å². The summed E-state index contributed by atoms with van der Waals surface area (Å²) in [5.41, 5.74) is -0.618. The second-order valence-electron chi connectivity index (χ2n) is 5.08. The highest BCUT2D eigenvalue weighted by molar-refractivity contribution is 5.22. The van der Waals surface area contributed by atoms with Gasteiger partial charge in [-0.2, -0.15) is 0 Å². The normalized spacial score (nSPS) is 33.9. The third-order valence-electron chi connectivity index (χ3n) is 3.95. The van der Waals surface area contributed by atoms with E-state index in [1.807, 2.05) is 6.07 Å². The summed E-state index contributed by atoms with van der Waals surface area (Å²) in [7, 11) is 0. The van der Waals surface area contributed by atoms with Gasteiger partial charge < -0.3 is 29.9 Å². The topological polar surface area (TPSA) is 99.4 Å². The lowest BCUT2D eigenvalue weighted by Crippen LogP contribution is -2.60. The fourth-order valence-electron chi connectivity index (χ4n) is 2.65. The van der Waals surface area contributed by atoms with Gasteiger partial charge in [0.15, 0.2) is 18.0 Å². The zero-order chi connectivity index (χ0) is 14.3. The molecule has 1 aromatic rings. The molecule has 4 N–H and O–H groups in total. The minimum absolute atomic E-state index is 0.425. The fraction of sp³-hybridized carbons (Fsp3) is 0.429. The van der Waals surface area contributed by atoms with Crippen LogP contribution >= 0.6 is 0 Å². The lowest BCUT2D eigenvalue weighted by atomic mass is 9.73. The number of ether oxygens (including phenoxy) is 2. The molecule has 1 fully saturated rings. The van der Waals surface area contributed by atoms with Crippen molar-refractivity contribution in [1.29, 1.82) is 0 Å². The van der Waals surface area contributed by atoms with E-state index in [2.05, 4.69) is 0 Å². The molecule has 6 heteroatoms. The molecular weight excluding hydrogens is 264 g/mol. The van der Waals surface area contributed by atoms with Gasteiger partial charge in [0.05, 0.1) is 0 Å². The van der Waals surface area contributed by atoms with Crippen LogP contribution in [0.5, 0.6) is 0 Å². The molecule has 4 atom stereocenters. The highest BCUT2D eigenvalue weighted by Crippen LogP contribution is 2.49. The van der Waals surface area contributed by atoms with Crippen LogP contribution < -0.4 is 0 Å². The summed E-state index contributed by atoms with van der Waals surface area (Å²) in [4.78, 5) is 0. The molecule has 1 spiro atoms. The van der Waals surface area contributed by atoms with Crippen LogP contribution in [0.3, 0.4) is 0 Å². The number of benzene rings is 1. The van der Waals surface area contributed by atoms with Gasteiger partial charge in [0.25, 0.3) is 0 Å². The highest BCUT2D eigenvalue weighted by Gasteiger charge is 2.62. The first-order chi connectivity index (χ1) is 9.54. The van der Waals surface area contributed by atoms with Crippen LogP contribution in [0.2, 0.25) is 0 Å². The van der Waals surface area contributed by atoms with E-state index >= 15 is 0 Å². The maximum atomic E-state index is 10.0. The number of hydrogen-bond donors (Lipinski definition) is 4. The van der Waals surface area contributed by atoms with Crippen LogP contribution in [0.25, 0.3) is 0 Å². The lowest BCUT2D eigenvalue weighted by molar-refractivity contribution is -0.265. The molecule has 3 rings (SSSR count). The van der Waals surface area contributed by atoms with Crippen molar-refractivity contribution in [2.45, 2.75) is 36.9 Å². The highest BCUT2D eigenvalue weighted by atomic mass is 16.7. The van der Waals surface area contributed by atoms with Crippen LogP contribution in [0.1, 0.15) is 24.7 Å². The molecule has 1 saturated carbocycles. The van der Waals surface area contributed by atoms with Crippen molar-refractivity contribution in [2.75, 3.05) is 0 Å². The molecule has 1 heterocycles. The van der Waals surface area contributed by atoms with Crippen LogP contribution in [-0.2, 0) is 9.47 Å². The van der Waals surface area contributed by atoms with Crippen LogP contribution in [-0.4, -0.2) is 38.2 Å². The molecule has 0 radical (unpaired) electrons. The van der Waals surface area contributed by atoms with Crippen molar-refractivity contribution in [3.63, 3.8) is 0 Å². The standard InChI is InChI=1S/C14H16O6/c15-10-11(16)14(20-13(10)18)7-6-9(14)19-12(17)8-4-2-1-3-5-8/h1-5,9,11-12,15-18H,6-7H2/t9-,11?,12?,14-/m0/s1. The Kier molecular flexibility index (Phi) is 3.08. The van der Waals surface area contributed by atoms with Gasteiger partial charge >= 0.3 is 5.95 Å². The molecule has 1 aliphatic carbocycles. The predicted octanol–water partition coefficient (Wildman–Crippen LogP) is 1.27. The van der Waals surface area contributed by atoms with Gasteiger partial charge in [-0.15, -0.1) is 0 Å². The predicted molar refractivity (Wildman–Crippen MR) is 67.6 cm³/mol.